The largest absolute Gasteiger partial charge is 0.592 e. The molecule has 0 spiro atoms. The summed E-state index contributed by atoms with van der Waals surface area (Å²) >= 11 is 0. The Bertz CT molecular complexity index is 380. The van der Waals surface area contributed by atoms with Crippen LogP contribution < -0.4 is 0 Å². The highest BCUT2D eigenvalue weighted by Crippen LogP contribution is 2.50. The van der Waals surface area contributed by atoms with Crippen molar-refractivity contribution in [3.8, 4) is 0 Å². The van der Waals surface area contributed by atoms with Crippen molar-refractivity contribution in [2.75, 3.05) is 13.2 Å². The number of phosphoric acid groups is 1. The predicted molar refractivity (Wildman–Crippen MR) is 62.5 cm³/mol. The first kappa shape index (κ1) is 16.6. The van der Waals surface area contributed by atoms with Crippen molar-refractivity contribution in [3.63, 3.8) is 0 Å². The normalized spacial score (nSPS) is 10.6. The van der Waals surface area contributed by atoms with Gasteiger partial charge in [-0.15, -0.1) is 0 Å². The van der Waals surface area contributed by atoms with Gasteiger partial charge < -0.3 is 14.2 Å². The number of hydrogen-bond acceptors (Lipinski definition) is 7. The quantitative estimate of drug-likeness (QED) is 0.554. The molecule has 0 aliphatic carbocycles. The van der Waals surface area contributed by atoms with Crippen LogP contribution in [0.3, 0.4) is 0 Å². The van der Waals surface area contributed by atoms with E-state index < -0.39 is 33.0 Å². The number of aliphatic hydroxyl groups excluding tert-OH is 1. The van der Waals surface area contributed by atoms with Crippen molar-refractivity contribution in [3.05, 3.63) is 24.3 Å². The first-order valence-corrected chi connectivity index (χ1v) is 6.32. The number of phosphoric ester groups is 1. The molecule has 0 saturated carbocycles. The van der Waals surface area contributed by atoms with Crippen molar-refractivity contribution < 1.29 is 32.8 Å². The molecule has 0 aliphatic rings. The van der Waals surface area contributed by atoms with Crippen LogP contribution in [0.4, 0.5) is 0 Å². The van der Waals surface area contributed by atoms with Crippen molar-refractivity contribution in [1.29, 1.82) is 0 Å². The van der Waals surface area contributed by atoms with Gasteiger partial charge in [-0.25, -0.2) is 14.2 Å². The van der Waals surface area contributed by atoms with Crippen LogP contribution in [-0.2, 0) is 27.7 Å². The smallest absolute Gasteiger partial charge is 0.394 e. The summed E-state index contributed by atoms with van der Waals surface area (Å²) < 4.78 is 25.3. The lowest BCUT2D eigenvalue weighted by atomic mass is 10.4. The van der Waals surface area contributed by atoms with E-state index in [4.69, 9.17) is 5.11 Å². The number of aliphatic hydroxyl groups is 1. The van der Waals surface area contributed by atoms with Gasteiger partial charge in [0, 0.05) is 11.1 Å². The molecular weight excluding hydrogens is 263 g/mol. The van der Waals surface area contributed by atoms with Gasteiger partial charge in [-0.05, 0) is 13.8 Å². The van der Waals surface area contributed by atoms with Gasteiger partial charge in [0.15, 0.2) is 0 Å². The fraction of sp³-hybridized carbons (Fsp3) is 0.400. The second-order valence-electron chi connectivity index (χ2n) is 3.32. The lowest BCUT2D eigenvalue weighted by Crippen LogP contribution is -2.13. The summed E-state index contributed by atoms with van der Waals surface area (Å²) in [6.45, 7) is 8.27. The SMILES string of the molecule is C=C(C)C(=O)OP(=O)(OCCO)OC(=O)C(=C)C. The fourth-order valence-corrected chi connectivity index (χ4v) is 1.75. The molecule has 0 aromatic rings. The van der Waals surface area contributed by atoms with Crippen molar-refractivity contribution in [2.45, 2.75) is 13.8 Å². The first-order valence-electron chi connectivity index (χ1n) is 4.86. The van der Waals surface area contributed by atoms with Crippen LogP contribution in [0.5, 0.6) is 0 Å². The molecule has 1 N–H and O–H groups in total. The molecule has 0 aromatic heterocycles. The van der Waals surface area contributed by atoms with Crippen LogP contribution in [-0.4, -0.2) is 30.3 Å². The van der Waals surface area contributed by atoms with Crippen LogP contribution in [0.2, 0.25) is 0 Å². The zero-order valence-electron chi connectivity index (χ0n) is 10.2. The van der Waals surface area contributed by atoms with Gasteiger partial charge in [0.2, 0.25) is 0 Å². The second-order valence-corrected chi connectivity index (χ2v) is 4.84. The molecule has 8 heteroatoms. The standard InChI is InChI=1S/C10H15O7P/c1-7(2)9(12)16-18(14,15-6-5-11)17-10(13)8(3)4/h11H,1,3,5-6H2,2,4H3. The molecule has 0 aromatic carbocycles. The van der Waals surface area contributed by atoms with Crippen LogP contribution in [0.1, 0.15) is 13.8 Å². The van der Waals surface area contributed by atoms with Crippen molar-refractivity contribution in [2.24, 2.45) is 0 Å². The zero-order valence-corrected chi connectivity index (χ0v) is 11.1. The summed E-state index contributed by atoms with van der Waals surface area (Å²) in [5.74, 6) is -2.07. The van der Waals surface area contributed by atoms with E-state index in [9.17, 15) is 14.2 Å². The Morgan fingerprint density at radius 3 is 1.78 bits per heavy atom. The minimum absolute atomic E-state index is 0.0470. The highest BCUT2D eigenvalue weighted by Gasteiger charge is 2.35. The predicted octanol–water partition coefficient (Wildman–Crippen LogP) is 1.34. The summed E-state index contributed by atoms with van der Waals surface area (Å²) in [7, 11) is -4.44. The highest BCUT2D eigenvalue weighted by molar-refractivity contribution is 7.49. The molecule has 0 amide bonds. The van der Waals surface area contributed by atoms with Crippen LogP contribution >= 0.6 is 7.82 Å². The molecule has 102 valence electrons. The molecule has 0 rings (SSSR count). The molecule has 0 unspecified atom stereocenters. The number of carbonyl (C=O) groups excluding carboxylic acids is 2. The van der Waals surface area contributed by atoms with Crippen LogP contribution in [0.25, 0.3) is 0 Å². The summed E-state index contributed by atoms with van der Waals surface area (Å²) in [5.41, 5.74) is -0.0941. The Morgan fingerprint density at radius 1 is 1.11 bits per heavy atom. The summed E-state index contributed by atoms with van der Waals surface area (Å²) in [4.78, 5) is 22.4. The average molecular weight is 278 g/mol. The molecule has 18 heavy (non-hydrogen) atoms. The summed E-state index contributed by atoms with van der Waals surface area (Å²) in [6.07, 6.45) is 0. The maximum Gasteiger partial charge on any atom is 0.592 e. The van der Waals surface area contributed by atoms with E-state index >= 15 is 0 Å². The highest BCUT2D eigenvalue weighted by atomic mass is 31.2. The second kappa shape index (κ2) is 7.10. The Hall–Kier alpha value is -1.43. The van der Waals surface area contributed by atoms with E-state index in [0.29, 0.717) is 0 Å². The van der Waals surface area contributed by atoms with Gasteiger partial charge in [0.1, 0.15) is 0 Å². The molecule has 0 heterocycles. The Balaban J connectivity index is 4.88. The van der Waals surface area contributed by atoms with Crippen LogP contribution in [0.15, 0.2) is 24.3 Å². The van der Waals surface area contributed by atoms with E-state index in [1.807, 2.05) is 0 Å². The lowest BCUT2D eigenvalue weighted by Gasteiger charge is -2.16. The van der Waals surface area contributed by atoms with Gasteiger partial charge in [0.05, 0.1) is 13.2 Å². The van der Waals surface area contributed by atoms with E-state index in [2.05, 4.69) is 26.7 Å². The summed E-state index contributed by atoms with van der Waals surface area (Å²) in [6, 6.07) is 0. The number of rotatable bonds is 7. The minimum atomic E-state index is -4.44. The van der Waals surface area contributed by atoms with E-state index in [1.54, 1.807) is 0 Å². The Labute approximate surface area is 105 Å². The molecule has 0 bridgehead atoms. The molecule has 7 nitrogen and oxygen atoms in total. The third-order valence-electron chi connectivity index (χ3n) is 1.43. The van der Waals surface area contributed by atoms with E-state index in [1.165, 1.54) is 13.8 Å². The van der Waals surface area contributed by atoms with Gasteiger partial charge in [0.25, 0.3) is 0 Å². The topological polar surface area (TPSA) is 99.1 Å². The monoisotopic (exact) mass is 278 g/mol. The number of hydrogen-bond donors (Lipinski definition) is 1. The number of carbonyl (C=O) groups is 2. The molecular formula is C10H15O7P. The molecule has 0 radical (unpaired) electrons. The average Bonchev–Trinajstić information content (AvgIpc) is 2.25. The third kappa shape index (κ3) is 5.77. The fourth-order valence-electron chi connectivity index (χ4n) is 0.583. The zero-order chi connectivity index (χ0) is 14.3. The third-order valence-corrected chi connectivity index (χ3v) is 2.70. The minimum Gasteiger partial charge on any atom is -0.394 e. The van der Waals surface area contributed by atoms with E-state index in [-0.39, 0.29) is 11.1 Å². The maximum atomic E-state index is 11.9. The van der Waals surface area contributed by atoms with Gasteiger partial charge in [-0.1, -0.05) is 13.2 Å². The Kier molecular flexibility index (Phi) is 6.54. The molecule has 0 fully saturated rings. The van der Waals surface area contributed by atoms with Crippen molar-refractivity contribution in [1.82, 2.24) is 0 Å². The maximum absolute atomic E-state index is 11.9. The Morgan fingerprint density at radius 2 is 1.50 bits per heavy atom. The summed E-state index contributed by atoms with van der Waals surface area (Å²) in [5, 5.41) is 8.55. The van der Waals surface area contributed by atoms with Crippen LogP contribution in [0, 0.1) is 0 Å². The van der Waals surface area contributed by atoms with Gasteiger partial charge in [-0.3, -0.25) is 4.52 Å². The lowest BCUT2D eigenvalue weighted by molar-refractivity contribution is -0.136. The van der Waals surface area contributed by atoms with E-state index in [0.717, 1.165) is 0 Å². The first-order chi connectivity index (χ1) is 8.22. The van der Waals surface area contributed by atoms with Gasteiger partial charge >= 0.3 is 19.8 Å². The molecule has 0 saturated heterocycles. The molecule has 0 aliphatic heterocycles. The molecule has 0 atom stereocenters. The van der Waals surface area contributed by atoms with Crippen molar-refractivity contribution >= 4 is 19.8 Å². The van der Waals surface area contributed by atoms with Gasteiger partial charge in [-0.2, -0.15) is 0 Å².